The van der Waals surface area contributed by atoms with Crippen LogP contribution in [0.3, 0.4) is 0 Å². The molecule has 0 aliphatic carbocycles. The number of nitrogens with one attached hydrogen (secondary N) is 1. The first-order chi connectivity index (χ1) is 7.33. The highest BCUT2D eigenvalue weighted by molar-refractivity contribution is 5.75. The lowest BCUT2D eigenvalue weighted by atomic mass is 10.3. The first-order valence-electron chi connectivity index (χ1n) is 4.85. The van der Waals surface area contributed by atoms with Crippen LogP contribution in [-0.4, -0.2) is 27.2 Å². The zero-order chi connectivity index (χ0) is 10.9. The van der Waals surface area contributed by atoms with Crippen molar-refractivity contribution in [3.05, 3.63) is 12.7 Å². The number of terminal acetylenes is 1. The van der Waals surface area contributed by atoms with Crippen molar-refractivity contribution >= 4 is 5.91 Å². The molecule has 1 heterocycles. The van der Waals surface area contributed by atoms with Gasteiger partial charge in [-0.2, -0.15) is 5.10 Å². The van der Waals surface area contributed by atoms with Gasteiger partial charge in [0.05, 0.1) is 6.54 Å². The third kappa shape index (κ3) is 4.81. The summed E-state index contributed by atoms with van der Waals surface area (Å²) in [5, 5.41) is 6.68. The van der Waals surface area contributed by atoms with Gasteiger partial charge in [-0.15, -0.1) is 12.3 Å². The average Bonchev–Trinajstić information content (AvgIpc) is 2.74. The minimum atomic E-state index is 0.0162. The van der Waals surface area contributed by atoms with Gasteiger partial charge in [0.2, 0.25) is 5.91 Å². The van der Waals surface area contributed by atoms with Gasteiger partial charge in [0.15, 0.2) is 0 Å². The molecule has 15 heavy (non-hydrogen) atoms. The molecular formula is C10H14N4O. The molecule has 0 aliphatic rings. The summed E-state index contributed by atoms with van der Waals surface area (Å²) in [6.07, 6.45) is 10.1. The van der Waals surface area contributed by atoms with Crippen LogP contribution >= 0.6 is 0 Å². The van der Waals surface area contributed by atoms with Crippen LogP contribution in [0.4, 0.5) is 0 Å². The summed E-state index contributed by atoms with van der Waals surface area (Å²) >= 11 is 0. The van der Waals surface area contributed by atoms with Gasteiger partial charge in [0, 0.05) is 19.4 Å². The van der Waals surface area contributed by atoms with Gasteiger partial charge in [-0.25, -0.2) is 4.98 Å². The van der Waals surface area contributed by atoms with Crippen molar-refractivity contribution in [3.8, 4) is 12.3 Å². The maximum Gasteiger partial charge on any atom is 0.221 e. The fraction of sp³-hybridized carbons (Fsp3) is 0.500. The van der Waals surface area contributed by atoms with Gasteiger partial charge in [0.25, 0.3) is 0 Å². The van der Waals surface area contributed by atoms with Gasteiger partial charge in [-0.3, -0.25) is 9.48 Å². The Balaban J connectivity index is 2.07. The average molecular weight is 206 g/mol. The molecule has 0 aromatic carbocycles. The van der Waals surface area contributed by atoms with Gasteiger partial charge in [0.1, 0.15) is 12.7 Å². The van der Waals surface area contributed by atoms with Crippen molar-refractivity contribution in [3.63, 3.8) is 0 Å². The molecule has 0 spiro atoms. The Labute approximate surface area is 88.9 Å². The van der Waals surface area contributed by atoms with Crippen LogP contribution in [-0.2, 0) is 11.3 Å². The number of amides is 1. The number of unbranched alkanes of at least 4 members (excludes halogenated alkanes) is 1. The summed E-state index contributed by atoms with van der Waals surface area (Å²) in [7, 11) is 0. The second-order valence-corrected chi connectivity index (χ2v) is 3.07. The van der Waals surface area contributed by atoms with Crippen LogP contribution in [0.1, 0.15) is 19.3 Å². The molecule has 1 aromatic heterocycles. The van der Waals surface area contributed by atoms with E-state index in [0.717, 1.165) is 6.42 Å². The Morgan fingerprint density at radius 2 is 2.47 bits per heavy atom. The first kappa shape index (κ1) is 11.2. The van der Waals surface area contributed by atoms with Gasteiger partial charge in [-0.05, 0) is 6.42 Å². The van der Waals surface area contributed by atoms with E-state index in [1.54, 1.807) is 11.0 Å². The van der Waals surface area contributed by atoms with Crippen molar-refractivity contribution < 1.29 is 4.79 Å². The van der Waals surface area contributed by atoms with E-state index in [9.17, 15) is 4.79 Å². The third-order valence-electron chi connectivity index (χ3n) is 1.85. The smallest absolute Gasteiger partial charge is 0.221 e. The standard InChI is InChI=1S/C10H14N4O/c1-2-3-4-6-12-10(15)5-7-14-9-11-8-13-14/h1,8-9H,3-7H2,(H,12,15). The second-order valence-electron chi connectivity index (χ2n) is 3.07. The highest BCUT2D eigenvalue weighted by atomic mass is 16.1. The van der Waals surface area contributed by atoms with E-state index >= 15 is 0 Å². The van der Waals surface area contributed by atoms with E-state index in [0.29, 0.717) is 25.9 Å². The maximum absolute atomic E-state index is 11.3. The van der Waals surface area contributed by atoms with E-state index in [-0.39, 0.29) is 5.91 Å². The predicted molar refractivity (Wildman–Crippen MR) is 55.7 cm³/mol. The second kappa shape index (κ2) is 6.60. The molecule has 5 heteroatoms. The summed E-state index contributed by atoms with van der Waals surface area (Å²) in [5.74, 6) is 2.54. The quantitative estimate of drug-likeness (QED) is 0.534. The molecule has 0 bridgehead atoms. The molecule has 0 saturated heterocycles. The molecule has 0 unspecified atom stereocenters. The maximum atomic E-state index is 11.3. The van der Waals surface area contributed by atoms with Crippen LogP contribution in [0.25, 0.3) is 0 Å². The van der Waals surface area contributed by atoms with Crippen LogP contribution in [0.5, 0.6) is 0 Å². The first-order valence-corrected chi connectivity index (χ1v) is 4.85. The van der Waals surface area contributed by atoms with Gasteiger partial charge >= 0.3 is 0 Å². The zero-order valence-electron chi connectivity index (χ0n) is 8.52. The van der Waals surface area contributed by atoms with E-state index in [4.69, 9.17) is 6.42 Å². The molecular weight excluding hydrogens is 192 g/mol. The largest absolute Gasteiger partial charge is 0.356 e. The minimum absolute atomic E-state index is 0.0162. The third-order valence-corrected chi connectivity index (χ3v) is 1.85. The van der Waals surface area contributed by atoms with E-state index < -0.39 is 0 Å². The number of nitrogens with zero attached hydrogens (tertiary/aromatic N) is 3. The molecule has 1 N–H and O–H groups in total. The normalized spacial score (nSPS) is 9.53. The van der Waals surface area contributed by atoms with E-state index in [2.05, 4.69) is 21.3 Å². The highest BCUT2D eigenvalue weighted by Crippen LogP contribution is 1.88. The van der Waals surface area contributed by atoms with Crippen molar-refractivity contribution in [1.29, 1.82) is 0 Å². The van der Waals surface area contributed by atoms with Crippen molar-refractivity contribution in [2.45, 2.75) is 25.8 Å². The number of rotatable bonds is 6. The Morgan fingerprint density at radius 1 is 1.60 bits per heavy atom. The molecule has 1 rings (SSSR count). The lowest BCUT2D eigenvalue weighted by Gasteiger charge is -2.03. The minimum Gasteiger partial charge on any atom is -0.356 e. The van der Waals surface area contributed by atoms with Gasteiger partial charge < -0.3 is 5.32 Å². The summed E-state index contributed by atoms with van der Waals surface area (Å²) in [6, 6.07) is 0. The zero-order valence-corrected chi connectivity index (χ0v) is 8.52. The molecule has 0 fully saturated rings. The molecule has 80 valence electrons. The fourth-order valence-corrected chi connectivity index (χ4v) is 1.07. The van der Waals surface area contributed by atoms with Gasteiger partial charge in [-0.1, -0.05) is 0 Å². The Bertz CT molecular complexity index is 326. The summed E-state index contributed by atoms with van der Waals surface area (Å²) in [5.41, 5.74) is 0. The number of aryl methyl sites for hydroxylation is 1. The van der Waals surface area contributed by atoms with Crippen molar-refractivity contribution in [1.82, 2.24) is 20.1 Å². The Hall–Kier alpha value is -1.83. The number of aromatic nitrogens is 3. The van der Waals surface area contributed by atoms with E-state index in [1.807, 2.05) is 0 Å². The molecule has 5 nitrogen and oxygen atoms in total. The summed E-state index contributed by atoms with van der Waals surface area (Å²) < 4.78 is 1.63. The molecule has 1 amide bonds. The number of hydrogen-bond acceptors (Lipinski definition) is 3. The van der Waals surface area contributed by atoms with Crippen molar-refractivity contribution in [2.75, 3.05) is 6.54 Å². The lowest BCUT2D eigenvalue weighted by Crippen LogP contribution is -2.25. The number of carbonyl (C=O) groups excluding carboxylic acids is 1. The predicted octanol–water partition coefficient (Wildman–Crippen LogP) is 0.198. The summed E-state index contributed by atoms with van der Waals surface area (Å²) in [6.45, 7) is 1.20. The highest BCUT2D eigenvalue weighted by Gasteiger charge is 2.00. The number of hydrogen-bond donors (Lipinski definition) is 1. The number of carbonyl (C=O) groups is 1. The van der Waals surface area contributed by atoms with Crippen LogP contribution in [0, 0.1) is 12.3 Å². The lowest BCUT2D eigenvalue weighted by molar-refractivity contribution is -0.121. The van der Waals surface area contributed by atoms with E-state index in [1.165, 1.54) is 6.33 Å². The van der Waals surface area contributed by atoms with Crippen molar-refractivity contribution in [2.24, 2.45) is 0 Å². The van der Waals surface area contributed by atoms with Crippen LogP contribution < -0.4 is 5.32 Å². The molecule has 0 saturated carbocycles. The Morgan fingerprint density at radius 3 is 3.13 bits per heavy atom. The molecule has 0 atom stereocenters. The topological polar surface area (TPSA) is 59.8 Å². The van der Waals surface area contributed by atoms with Crippen LogP contribution in [0.15, 0.2) is 12.7 Å². The Kier molecular flexibility index (Phi) is 4.95. The monoisotopic (exact) mass is 206 g/mol. The molecule has 0 aliphatic heterocycles. The van der Waals surface area contributed by atoms with Crippen LogP contribution in [0.2, 0.25) is 0 Å². The fourth-order valence-electron chi connectivity index (χ4n) is 1.07. The SMILES string of the molecule is C#CCCCNC(=O)CCn1cncn1. The molecule has 0 radical (unpaired) electrons. The summed E-state index contributed by atoms with van der Waals surface area (Å²) in [4.78, 5) is 15.1. The molecule has 1 aromatic rings.